The van der Waals surface area contributed by atoms with E-state index in [1.54, 1.807) is 6.20 Å². The molecular weight excluding hydrogens is 140 g/mol. The van der Waals surface area contributed by atoms with Gasteiger partial charge in [-0.3, -0.25) is 0 Å². The lowest BCUT2D eigenvalue weighted by molar-refractivity contribution is 0.707. The quantitative estimate of drug-likeness (QED) is 0.436. The van der Waals surface area contributed by atoms with Crippen molar-refractivity contribution in [3.63, 3.8) is 0 Å². The molecule has 3 N–H and O–H groups in total. The van der Waals surface area contributed by atoms with E-state index in [9.17, 15) is 0 Å². The van der Waals surface area contributed by atoms with E-state index >= 15 is 0 Å². The minimum Gasteiger partial charge on any atom is -0.352 e. The lowest BCUT2D eigenvalue weighted by atomic mass is 10.0. The number of hydrazine groups is 1. The molecule has 2 aliphatic rings. The first kappa shape index (κ1) is 6.25. The molecule has 0 saturated carbocycles. The maximum Gasteiger partial charge on any atom is 0.138 e. The molecule has 0 aromatic rings. The largest absolute Gasteiger partial charge is 0.352 e. The van der Waals surface area contributed by atoms with Gasteiger partial charge in [0.05, 0.1) is 5.70 Å². The highest BCUT2D eigenvalue weighted by Gasteiger charge is 2.23. The second-order valence-corrected chi connectivity index (χ2v) is 2.52. The molecule has 4 heteroatoms. The second-order valence-electron chi connectivity index (χ2n) is 2.52. The van der Waals surface area contributed by atoms with Crippen LogP contribution in [0.2, 0.25) is 0 Å². The van der Waals surface area contributed by atoms with Crippen LogP contribution in [-0.4, -0.2) is 6.54 Å². The van der Waals surface area contributed by atoms with Gasteiger partial charge in [-0.2, -0.15) is 5.26 Å². The molecule has 0 spiro atoms. The molecular formula is C7H8N4. The molecule has 0 bridgehead atoms. The number of nitrogens with one attached hydrogen (secondary N) is 3. The van der Waals surface area contributed by atoms with Crippen LogP contribution in [-0.2, 0) is 0 Å². The molecule has 2 heterocycles. The number of allylic oxidation sites excluding steroid dienone is 1. The van der Waals surface area contributed by atoms with Crippen molar-refractivity contribution >= 4 is 0 Å². The average molecular weight is 148 g/mol. The van der Waals surface area contributed by atoms with E-state index in [2.05, 4.69) is 22.2 Å². The molecule has 56 valence electrons. The van der Waals surface area contributed by atoms with Crippen LogP contribution in [0.4, 0.5) is 0 Å². The summed E-state index contributed by atoms with van der Waals surface area (Å²) in [5.41, 5.74) is 7.50. The summed E-state index contributed by atoms with van der Waals surface area (Å²) in [6.45, 7) is 0.860. The highest BCUT2D eigenvalue weighted by Crippen LogP contribution is 2.18. The summed E-state index contributed by atoms with van der Waals surface area (Å²) in [4.78, 5) is 0. The van der Waals surface area contributed by atoms with Gasteiger partial charge in [0.15, 0.2) is 0 Å². The third-order valence-corrected chi connectivity index (χ3v) is 1.85. The molecule has 2 rings (SSSR count). The number of nitriles is 1. The summed E-state index contributed by atoms with van der Waals surface area (Å²) in [5, 5.41) is 11.5. The Balaban J connectivity index is 2.36. The molecule has 0 amide bonds. The van der Waals surface area contributed by atoms with Gasteiger partial charge < -0.3 is 10.7 Å². The predicted octanol–water partition coefficient (Wildman–Crippen LogP) is -0.438. The zero-order valence-corrected chi connectivity index (χ0v) is 5.89. The lowest BCUT2D eigenvalue weighted by Crippen LogP contribution is -2.24. The molecule has 0 aliphatic carbocycles. The summed E-state index contributed by atoms with van der Waals surface area (Å²) in [6, 6.07) is 2.09. The lowest BCUT2D eigenvalue weighted by Gasteiger charge is -2.12. The Bertz CT molecular complexity index is 271. The van der Waals surface area contributed by atoms with E-state index in [4.69, 9.17) is 5.26 Å². The predicted molar refractivity (Wildman–Crippen MR) is 39.5 cm³/mol. The van der Waals surface area contributed by atoms with Crippen LogP contribution in [0.5, 0.6) is 0 Å². The number of rotatable bonds is 0. The van der Waals surface area contributed by atoms with Gasteiger partial charge in [0.25, 0.3) is 0 Å². The molecule has 4 nitrogen and oxygen atoms in total. The van der Waals surface area contributed by atoms with Crippen LogP contribution in [0.15, 0.2) is 23.7 Å². The summed E-state index contributed by atoms with van der Waals surface area (Å²) in [6.07, 6.45) is 3.84. The molecule has 0 aromatic heterocycles. The number of fused-ring (bicyclic) bond motifs is 1. The molecule has 0 aromatic carbocycles. The molecule has 0 radical (unpaired) electrons. The topological polar surface area (TPSA) is 59.9 Å². The summed E-state index contributed by atoms with van der Waals surface area (Å²) < 4.78 is 0. The minimum atomic E-state index is 0.339. The van der Waals surface area contributed by atoms with Crippen LogP contribution in [0.3, 0.4) is 0 Å². The van der Waals surface area contributed by atoms with Gasteiger partial charge in [0.2, 0.25) is 0 Å². The Hall–Kier alpha value is -1.47. The van der Waals surface area contributed by atoms with Crippen LogP contribution < -0.4 is 16.2 Å². The normalized spacial score (nSPS) is 27.0. The van der Waals surface area contributed by atoms with Crippen molar-refractivity contribution in [1.29, 1.82) is 5.26 Å². The fourth-order valence-corrected chi connectivity index (χ4v) is 1.28. The fraction of sp³-hybridized carbons (Fsp3) is 0.286. The van der Waals surface area contributed by atoms with Crippen molar-refractivity contribution in [2.45, 2.75) is 0 Å². The van der Waals surface area contributed by atoms with E-state index in [1.165, 1.54) is 0 Å². The molecule has 1 saturated heterocycles. The van der Waals surface area contributed by atoms with Crippen LogP contribution in [0.25, 0.3) is 0 Å². The molecule has 11 heavy (non-hydrogen) atoms. The first-order chi connectivity index (χ1) is 5.42. The first-order valence-electron chi connectivity index (χ1n) is 3.48. The smallest absolute Gasteiger partial charge is 0.138 e. The number of nitrogens with zero attached hydrogens (tertiary/aromatic N) is 1. The van der Waals surface area contributed by atoms with Crippen molar-refractivity contribution < 1.29 is 0 Å². The fourth-order valence-electron chi connectivity index (χ4n) is 1.28. The first-order valence-corrected chi connectivity index (χ1v) is 3.48. The summed E-state index contributed by atoms with van der Waals surface area (Å²) >= 11 is 0. The number of hydrogen-bond acceptors (Lipinski definition) is 4. The van der Waals surface area contributed by atoms with Crippen LogP contribution in [0.1, 0.15) is 0 Å². The number of dihydropyridines is 1. The standard InChI is InChI=1S/C7H8N4/c8-3-6-7-5(1-2-9-6)4-10-11-7/h1-2,5,9-11H,4H2. The molecule has 1 unspecified atom stereocenters. The van der Waals surface area contributed by atoms with Crippen molar-refractivity contribution in [3.05, 3.63) is 23.7 Å². The van der Waals surface area contributed by atoms with E-state index in [-0.39, 0.29) is 0 Å². The highest BCUT2D eigenvalue weighted by atomic mass is 15.4. The van der Waals surface area contributed by atoms with Gasteiger partial charge in [-0.25, -0.2) is 5.43 Å². The van der Waals surface area contributed by atoms with E-state index in [0.29, 0.717) is 11.6 Å². The van der Waals surface area contributed by atoms with E-state index in [1.807, 2.05) is 6.08 Å². The van der Waals surface area contributed by atoms with Gasteiger partial charge in [-0.05, 0) is 6.20 Å². The van der Waals surface area contributed by atoms with Crippen molar-refractivity contribution in [2.24, 2.45) is 5.92 Å². The monoisotopic (exact) mass is 148 g/mol. The van der Waals surface area contributed by atoms with Gasteiger partial charge in [-0.15, -0.1) is 0 Å². The molecule has 1 fully saturated rings. The molecule has 2 aliphatic heterocycles. The Morgan fingerprint density at radius 3 is 3.36 bits per heavy atom. The van der Waals surface area contributed by atoms with Crippen molar-refractivity contribution in [2.75, 3.05) is 6.54 Å². The Morgan fingerprint density at radius 2 is 2.55 bits per heavy atom. The maximum absolute atomic E-state index is 8.67. The molecule has 1 atom stereocenters. The van der Waals surface area contributed by atoms with Gasteiger partial charge in [-0.1, -0.05) is 6.08 Å². The second kappa shape index (κ2) is 2.29. The zero-order valence-electron chi connectivity index (χ0n) is 5.89. The maximum atomic E-state index is 8.67. The highest BCUT2D eigenvalue weighted by molar-refractivity contribution is 5.34. The van der Waals surface area contributed by atoms with Gasteiger partial charge >= 0.3 is 0 Å². The SMILES string of the molecule is N#CC1=C2NNCC2C=CN1. The minimum absolute atomic E-state index is 0.339. The van der Waals surface area contributed by atoms with Crippen LogP contribution >= 0.6 is 0 Å². The average Bonchev–Trinajstić information content (AvgIpc) is 2.50. The number of hydrogen-bond donors (Lipinski definition) is 3. The third-order valence-electron chi connectivity index (χ3n) is 1.85. The Kier molecular flexibility index (Phi) is 1.30. The van der Waals surface area contributed by atoms with Crippen molar-refractivity contribution in [3.8, 4) is 6.07 Å². The van der Waals surface area contributed by atoms with Gasteiger partial charge in [0.1, 0.15) is 11.8 Å². The van der Waals surface area contributed by atoms with Crippen molar-refractivity contribution in [1.82, 2.24) is 16.2 Å². The zero-order chi connectivity index (χ0) is 7.68. The Morgan fingerprint density at radius 1 is 1.64 bits per heavy atom. The Labute approximate surface area is 64.6 Å². The van der Waals surface area contributed by atoms with E-state index < -0.39 is 0 Å². The third kappa shape index (κ3) is 0.863. The van der Waals surface area contributed by atoms with Crippen LogP contribution in [0, 0.1) is 17.2 Å². The summed E-state index contributed by atoms with van der Waals surface area (Å²) in [5.74, 6) is 0.339. The van der Waals surface area contributed by atoms with E-state index in [0.717, 1.165) is 12.2 Å². The van der Waals surface area contributed by atoms with Gasteiger partial charge in [0, 0.05) is 12.5 Å². The summed E-state index contributed by atoms with van der Waals surface area (Å²) in [7, 11) is 0.